The maximum Gasteiger partial charge on any atom is 0.417 e. The number of rotatable bonds is 5. The SMILES string of the molecule is CC1CN(Cc2ccccc2)c2cc(C3(Cc4ccncc4)CCN(C(=O)OC(C)(C)C)C3=O)ccc21. The molecule has 1 saturated heterocycles. The third-order valence-corrected chi connectivity index (χ3v) is 7.45. The molecule has 6 nitrogen and oxygen atoms in total. The van der Waals surface area contributed by atoms with Gasteiger partial charge in [0, 0.05) is 43.6 Å². The fourth-order valence-electron chi connectivity index (χ4n) is 5.66. The largest absolute Gasteiger partial charge is 0.443 e. The van der Waals surface area contributed by atoms with Crippen LogP contribution in [0, 0.1) is 0 Å². The topological polar surface area (TPSA) is 62.7 Å². The number of nitrogens with zero attached hydrogens (tertiary/aromatic N) is 3. The zero-order valence-corrected chi connectivity index (χ0v) is 22.1. The Labute approximate surface area is 219 Å². The summed E-state index contributed by atoms with van der Waals surface area (Å²) in [6.07, 6.45) is 3.97. The van der Waals surface area contributed by atoms with Crippen molar-refractivity contribution >= 4 is 17.7 Å². The van der Waals surface area contributed by atoms with Crippen molar-refractivity contribution in [3.05, 3.63) is 95.3 Å². The predicted octanol–water partition coefficient (Wildman–Crippen LogP) is 5.85. The maximum atomic E-state index is 14.1. The van der Waals surface area contributed by atoms with Gasteiger partial charge >= 0.3 is 6.09 Å². The van der Waals surface area contributed by atoms with Crippen LogP contribution in [0.4, 0.5) is 10.5 Å². The Morgan fingerprint density at radius 3 is 2.49 bits per heavy atom. The maximum absolute atomic E-state index is 14.1. The standard InChI is InChI=1S/C31H35N3O3/c1-22-20-33(21-24-8-6-5-7-9-24)27-18-25(10-11-26(22)27)31(19-23-12-15-32-16-13-23)14-17-34(28(31)35)29(36)37-30(2,3)4/h5-13,15-16,18,22H,14,17,19-21H2,1-4H3. The van der Waals surface area contributed by atoms with Crippen molar-refractivity contribution in [1.29, 1.82) is 0 Å². The van der Waals surface area contributed by atoms with Gasteiger partial charge in [-0.15, -0.1) is 0 Å². The molecule has 2 aromatic carbocycles. The van der Waals surface area contributed by atoms with Gasteiger partial charge in [-0.1, -0.05) is 49.4 Å². The minimum absolute atomic E-state index is 0.195. The predicted molar refractivity (Wildman–Crippen MR) is 145 cm³/mol. The molecule has 0 saturated carbocycles. The molecule has 2 aliphatic heterocycles. The first-order valence-corrected chi connectivity index (χ1v) is 13.0. The average Bonchev–Trinajstić information content (AvgIpc) is 3.36. The highest BCUT2D eigenvalue weighted by atomic mass is 16.6. The molecule has 1 fully saturated rings. The van der Waals surface area contributed by atoms with E-state index in [9.17, 15) is 9.59 Å². The molecule has 5 rings (SSSR count). The van der Waals surface area contributed by atoms with Gasteiger partial charge in [-0.3, -0.25) is 9.78 Å². The number of hydrogen-bond donors (Lipinski definition) is 0. The second-order valence-corrected chi connectivity index (χ2v) is 11.3. The molecule has 3 aromatic rings. The minimum Gasteiger partial charge on any atom is -0.443 e. The summed E-state index contributed by atoms with van der Waals surface area (Å²) in [7, 11) is 0. The van der Waals surface area contributed by atoms with Crippen LogP contribution in [0.2, 0.25) is 0 Å². The highest BCUT2D eigenvalue weighted by Crippen LogP contribution is 2.44. The highest BCUT2D eigenvalue weighted by molar-refractivity contribution is 6.01. The third-order valence-electron chi connectivity index (χ3n) is 7.45. The summed E-state index contributed by atoms with van der Waals surface area (Å²) < 4.78 is 5.59. The van der Waals surface area contributed by atoms with Gasteiger partial charge in [0.15, 0.2) is 0 Å². The molecule has 0 bridgehead atoms. The van der Waals surface area contributed by atoms with E-state index in [1.807, 2.05) is 39.0 Å². The van der Waals surface area contributed by atoms with E-state index in [0.717, 1.165) is 24.2 Å². The normalized spacial score (nSPS) is 21.3. The van der Waals surface area contributed by atoms with Crippen LogP contribution in [0.5, 0.6) is 0 Å². The molecule has 1 aromatic heterocycles. The molecule has 2 atom stereocenters. The lowest BCUT2D eigenvalue weighted by molar-refractivity contribution is -0.131. The zero-order valence-electron chi connectivity index (χ0n) is 22.1. The Morgan fingerprint density at radius 1 is 1.05 bits per heavy atom. The molecule has 192 valence electrons. The summed E-state index contributed by atoms with van der Waals surface area (Å²) in [5.74, 6) is 0.209. The van der Waals surface area contributed by atoms with E-state index in [-0.39, 0.29) is 5.91 Å². The van der Waals surface area contributed by atoms with Crippen molar-refractivity contribution in [2.24, 2.45) is 0 Å². The number of hydrogen-bond acceptors (Lipinski definition) is 5. The molecule has 0 radical (unpaired) electrons. The summed E-state index contributed by atoms with van der Waals surface area (Å²) in [6.45, 7) is 9.79. The number of aromatic nitrogens is 1. The second kappa shape index (κ2) is 9.66. The number of carbonyl (C=O) groups is 2. The van der Waals surface area contributed by atoms with Crippen LogP contribution in [-0.4, -0.2) is 40.6 Å². The van der Waals surface area contributed by atoms with E-state index in [0.29, 0.717) is 25.3 Å². The van der Waals surface area contributed by atoms with Crippen molar-refractivity contribution in [2.75, 3.05) is 18.0 Å². The number of likely N-dealkylation sites (tertiary alicyclic amines) is 1. The average molecular weight is 498 g/mol. The van der Waals surface area contributed by atoms with Crippen molar-refractivity contribution < 1.29 is 14.3 Å². The minimum atomic E-state index is -0.850. The van der Waals surface area contributed by atoms with E-state index in [2.05, 4.69) is 59.3 Å². The molecule has 37 heavy (non-hydrogen) atoms. The van der Waals surface area contributed by atoms with Gasteiger partial charge in [-0.05, 0) is 74.1 Å². The number of imide groups is 1. The number of pyridine rings is 1. The van der Waals surface area contributed by atoms with Crippen molar-refractivity contribution in [3.63, 3.8) is 0 Å². The molecule has 0 N–H and O–H groups in total. The first-order chi connectivity index (χ1) is 17.7. The van der Waals surface area contributed by atoms with E-state index in [1.54, 1.807) is 12.4 Å². The zero-order chi connectivity index (χ0) is 26.2. The van der Waals surface area contributed by atoms with Crippen LogP contribution in [0.25, 0.3) is 0 Å². The van der Waals surface area contributed by atoms with Gasteiger partial charge < -0.3 is 9.64 Å². The summed E-state index contributed by atoms with van der Waals surface area (Å²) in [4.78, 5) is 34.9. The fourth-order valence-corrected chi connectivity index (χ4v) is 5.66. The molecular weight excluding hydrogens is 462 g/mol. The molecular formula is C31H35N3O3. The van der Waals surface area contributed by atoms with Crippen LogP contribution >= 0.6 is 0 Å². The van der Waals surface area contributed by atoms with E-state index in [1.165, 1.54) is 21.7 Å². The summed E-state index contributed by atoms with van der Waals surface area (Å²) >= 11 is 0. The van der Waals surface area contributed by atoms with Crippen molar-refractivity contribution in [2.45, 2.75) is 64.0 Å². The van der Waals surface area contributed by atoms with Crippen LogP contribution in [0.1, 0.15) is 62.3 Å². The lowest BCUT2D eigenvalue weighted by Gasteiger charge is -2.30. The summed E-state index contributed by atoms with van der Waals surface area (Å²) in [6, 6.07) is 20.8. The third kappa shape index (κ3) is 4.97. The number of benzene rings is 2. The van der Waals surface area contributed by atoms with Gasteiger partial charge in [-0.2, -0.15) is 0 Å². The Morgan fingerprint density at radius 2 is 1.78 bits per heavy atom. The van der Waals surface area contributed by atoms with Crippen LogP contribution in [0.3, 0.4) is 0 Å². The Bertz CT molecular complexity index is 1290. The monoisotopic (exact) mass is 497 g/mol. The van der Waals surface area contributed by atoms with Crippen LogP contribution < -0.4 is 4.90 Å². The quantitative estimate of drug-likeness (QED) is 0.442. The van der Waals surface area contributed by atoms with Gasteiger partial charge in [0.2, 0.25) is 5.91 Å². The Balaban J connectivity index is 1.53. The second-order valence-electron chi connectivity index (χ2n) is 11.3. The fraction of sp³-hybridized carbons (Fsp3) is 0.387. The van der Waals surface area contributed by atoms with Crippen molar-refractivity contribution in [3.8, 4) is 0 Å². The van der Waals surface area contributed by atoms with Gasteiger partial charge in [0.25, 0.3) is 0 Å². The molecule has 0 aliphatic carbocycles. The van der Waals surface area contributed by atoms with Gasteiger partial charge in [-0.25, -0.2) is 9.69 Å². The van der Waals surface area contributed by atoms with E-state index >= 15 is 0 Å². The molecule has 3 heterocycles. The number of amides is 2. The lowest BCUT2D eigenvalue weighted by Crippen LogP contribution is -2.44. The number of fused-ring (bicyclic) bond motifs is 1. The first-order valence-electron chi connectivity index (χ1n) is 13.0. The molecule has 0 spiro atoms. The first kappa shape index (κ1) is 25.0. The molecule has 2 unspecified atom stereocenters. The van der Waals surface area contributed by atoms with Crippen LogP contribution in [-0.2, 0) is 27.9 Å². The van der Waals surface area contributed by atoms with Crippen LogP contribution in [0.15, 0.2) is 73.1 Å². The smallest absolute Gasteiger partial charge is 0.417 e. The van der Waals surface area contributed by atoms with Gasteiger partial charge in [0.05, 0.1) is 5.41 Å². The number of ether oxygens (including phenoxy) is 1. The van der Waals surface area contributed by atoms with E-state index in [4.69, 9.17) is 4.74 Å². The Hall–Kier alpha value is -3.67. The molecule has 6 heteroatoms. The highest BCUT2D eigenvalue weighted by Gasteiger charge is 2.51. The molecule has 2 aliphatic rings. The van der Waals surface area contributed by atoms with E-state index < -0.39 is 17.1 Å². The van der Waals surface area contributed by atoms with Gasteiger partial charge in [0.1, 0.15) is 5.60 Å². The lowest BCUT2D eigenvalue weighted by atomic mass is 9.74. The summed E-state index contributed by atoms with van der Waals surface area (Å²) in [5, 5.41) is 0. The number of anilines is 1. The van der Waals surface area contributed by atoms with Crippen molar-refractivity contribution in [1.82, 2.24) is 9.88 Å². The Kier molecular flexibility index (Phi) is 6.52. The molecule has 2 amide bonds. The summed E-state index contributed by atoms with van der Waals surface area (Å²) in [5.41, 5.74) is 4.18. The number of carbonyl (C=O) groups excluding carboxylic acids is 2.